The molecule has 0 heterocycles. The zero-order valence-electron chi connectivity index (χ0n) is 7.57. The zero-order valence-corrected chi connectivity index (χ0v) is 11.7. The quantitative estimate of drug-likeness (QED) is 0.661. The normalized spacial score (nSPS) is 12.0. The van der Waals surface area contributed by atoms with Crippen LogP contribution >= 0.6 is 0 Å². The van der Waals surface area contributed by atoms with Crippen molar-refractivity contribution in [2.45, 2.75) is 27.7 Å². The van der Waals surface area contributed by atoms with E-state index in [2.05, 4.69) is 41.5 Å². The summed E-state index contributed by atoms with van der Waals surface area (Å²) in [5.74, 6) is 1.13. The van der Waals surface area contributed by atoms with Crippen molar-refractivity contribution < 1.29 is 31.1 Å². The summed E-state index contributed by atoms with van der Waals surface area (Å²) in [6.45, 7) is 16.8. The van der Waals surface area contributed by atoms with E-state index in [0.29, 0.717) is 11.8 Å². The van der Waals surface area contributed by atoms with E-state index in [0.717, 1.165) is 0 Å². The molecule has 1 heteroatoms. The Morgan fingerprint density at radius 2 is 1.10 bits per heavy atom. The summed E-state index contributed by atoms with van der Waals surface area (Å²) in [7, 11) is 0. The summed E-state index contributed by atoms with van der Waals surface area (Å²) >= 11 is 0. The van der Waals surface area contributed by atoms with Gasteiger partial charge >= 0.3 is 31.1 Å². The first-order valence-electron chi connectivity index (χ1n) is 3.59. The van der Waals surface area contributed by atoms with E-state index in [9.17, 15) is 0 Å². The third-order valence-corrected chi connectivity index (χ3v) is 2.30. The molecular weight excluding hydrogens is 346 g/mol. The van der Waals surface area contributed by atoms with Crippen LogP contribution in [0.4, 0.5) is 0 Å². The van der Waals surface area contributed by atoms with Gasteiger partial charge in [-0.2, -0.15) is 0 Å². The molecule has 0 aliphatic heterocycles. The molecule has 0 radical (unpaired) electrons. The average molecular weight is 364 g/mol. The molecule has 0 unspecified atom stereocenters. The number of hydrogen-bond acceptors (Lipinski definition) is 0. The Balaban J connectivity index is 0. The third-order valence-electron chi connectivity index (χ3n) is 2.30. The van der Waals surface area contributed by atoms with Gasteiger partial charge in [0.05, 0.1) is 0 Å². The summed E-state index contributed by atoms with van der Waals surface area (Å²) < 4.78 is 0. The molecule has 0 amide bonds. The van der Waals surface area contributed by atoms with Crippen LogP contribution in [0.15, 0.2) is 0 Å². The maximum Gasteiger partial charge on any atom is 2.00 e. The maximum absolute atomic E-state index is 4.06. The fourth-order valence-electron chi connectivity index (χ4n) is 0.667. The van der Waals surface area contributed by atoms with Crippen LogP contribution in [0.2, 0.25) is 0 Å². The van der Waals surface area contributed by atoms with Crippen LogP contribution in [0.1, 0.15) is 27.7 Å². The second-order valence-electron chi connectivity index (χ2n) is 3.54. The Bertz CT molecular complexity index is 72.7. The second kappa shape index (κ2) is 4.83. The van der Waals surface area contributed by atoms with Crippen LogP contribution in [-0.4, -0.2) is 0 Å². The Morgan fingerprint density at radius 1 is 0.900 bits per heavy atom. The Morgan fingerprint density at radius 3 is 1.10 bits per heavy atom. The van der Waals surface area contributed by atoms with Gasteiger partial charge in [-0.1, -0.05) is 39.5 Å². The van der Waals surface area contributed by atoms with E-state index >= 15 is 0 Å². The summed E-state index contributed by atoms with van der Waals surface area (Å²) in [5.41, 5.74) is 0.000000000000000222. The molecule has 0 N–H and O–H groups in total. The molecule has 0 nitrogen and oxygen atoms in total. The van der Waals surface area contributed by atoms with Crippen LogP contribution in [0.25, 0.3) is 0 Å². The first kappa shape index (κ1) is 13.6. The molecule has 0 saturated heterocycles. The van der Waals surface area contributed by atoms with Crippen molar-refractivity contribution in [2.24, 2.45) is 17.3 Å². The third kappa shape index (κ3) is 3.45. The number of hydrogen-bond donors (Lipinski definition) is 0. The standard InChI is InChI=1S/C9H18.U/c1-7(2)9(5,6)8(3)4;/h7-8H,5-6H2,1-4H3;/q-2;+2. The van der Waals surface area contributed by atoms with Gasteiger partial charge in [-0.05, 0) is 0 Å². The molecule has 0 fully saturated rings. The molecule has 0 aromatic rings. The van der Waals surface area contributed by atoms with Crippen molar-refractivity contribution in [1.29, 1.82) is 0 Å². The van der Waals surface area contributed by atoms with E-state index in [-0.39, 0.29) is 36.5 Å². The van der Waals surface area contributed by atoms with Crippen molar-refractivity contribution in [3.05, 3.63) is 13.8 Å². The monoisotopic (exact) mass is 364 g/mol. The Labute approximate surface area is 89.5 Å². The van der Waals surface area contributed by atoms with E-state index in [1.165, 1.54) is 0 Å². The fraction of sp³-hybridized carbons (Fsp3) is 0.778. The van der Waals surface area contributed by atoms with Crippen LogP contribution in [-0.2, 0) is 0 Å². The predicted octanol–water partition coefficient (Wildman–Crippen LogP) is 2.95. The van der Waals surface area contributed by atoms with Crippen molar-refractivity contribution >= 4 is 0 Å². The smallest absolute Gasteiger partial charge is 0.366 e. The summed E-state index contributed by atoms with van der Waals surface area (Å²) in [4.78, 5) is 0. The van der Waals surface area contributed by atoms with Gasteiger partial charge in [0.15, 0.2) is 0 Å². The summed E-state index contributed by atoms with van der Waals surface area (Å²) in [6.07, 6.45) is 0. The van der Waals surface area contributed by atoms with Gasteiger partial charge in [-0.3, -0.25) is 5.41 Å². The molecule has 0 atom stereocenters. The largest absolute Gasteiger partial charge is 2.00 e. The Hall–Kier alpha value is 1.05. The van der Waals surface area contributed by atoms with Gasteiger partial charge in [0.1, 0.15) is 0 Å². The fourth-order valence-corrected chi connectivity index (χ4v) is 0.667. The number of rotatable bonds is 2. The molecule has 10 heavy (non-hydrogen) atoms. The first-order valence-corrected chi connectivity index (χ1v) is 3.59. The molecule has 0 aliphatic carbocycles. The SMILES string of the molecule is [CH2-]C([CH2-])(C(C)C)C(C)C.[U+2]. The molecule has 0 aliphatic rings. The van der Waals surface area contributed by atoms with E-state index in [4.69, 9.17) is 0 Å². The van der Waals surface area contributed by atoms with Gasteiger partial charge in [0, 0.05) is 0 Å². The van der Waals surface area contributed by atoms with Crippen molar-refractivity contribution in [1.82, 2.24) is 0 Å². The second-order valence-corrected chi connectivity index (χ2v) is 3.54. The summed E-state index contributed by atoms with van der Waals surface area (Å²) in [5, 5.41) is 0. The Kier molecular flexibility index (Phi) is 6.59. The molecular formula is C9H18U. The minimum absolute atomic E-state index is 0. The van der Waals surface area contributed by atoms with Crippen LogP contribution < -0.4 is 0 Å². The molecule has 0 aromatic carbocycles. The van der Waals surface area contributed by atoms with Gasteiger partial charge in [0.25, 0.3) is 0 Å². The molecule has 58 valence electrons. The molecule has 0 rings (SSSR count). The van der Waals surface area contributed by atoms with Crippen molar-refractivity contribution in [3.8, 4) is 0 Å². The molecule has 0 saturated carbocycles. The minimum atomic E-state index is 0. The first-order chi connectivity index (χ1) is 3.89. The predicted molar refractivity (Wildman–Crippen MR) is 42.8 cm³/mol. The van der Waals surface area contributed by atoms with Gasteiger partial charge in [-0.25, -0.2) is 0 Å². The van der Waals surface area contributed by atoms with Crippen LogP contribution in [0.5, 0.6) is 0 Å². The molecule has 0 bridgehead atoms. The van der Waals surface area contributed by atoms with E-state index in [1.807, 2.05) is 0 Å². The summed E-state index contributed by atoms with van der Waals surface area (Å²) in [6, 6.07) is 0. The molecule has 0 spiro atoms. The van der Waals surface area contributed by atoms with Crippen LogP contribution in [0.3, 0.4) is 0 Å². The average Bonchev–Trinajstić information content (AvgIpc) is 1.65. The molecule has 0 aromatic heterocycles. The minimum Gasteiger partial charge on any atom is -0.366 e. The van der Waals surface area contributed by atoms with E-state index in [1.54, 1.807) is 0 Å². The van der Waals surface area contributed by atoms with Crippen molar-refractivity contribution in [2.75, 3.05) is 0 Å². The van der Waals surface area contributed by atoms with E-state index < -0.39 is 0 Å². The van der Waals surface area contributed by atoms with Crippen LogP contribution in [0, 0.1) is 62.2 Å². The van der Waals surface area contributed by atoms with Gasteiger partial charge < -0.3 is 13.8 Å². The maximum atomic E-state index is 4.06. The van der Waals surface area contributed by atoms with Gasteiger partial charge in [0.2, 0.25) is 0 Å². The van der Waals surface area contributed by atoms with Crippen molar-refractivity contribution in [3.63, 3.8) is 0 Å². The zero-order chi connectivity index (χ0) is 7.65. The van der Waals surface area contributed by atoms with Gasteiger partial charge in [-0.15, -0.1) is 0 Å². The topological polar surface area (TPSA) is 0 Å².